The summed E-state index contributed by atoms with van der Waals surface area (Å²) >= 11 is 0. The van der Waals surface area contributed by atoms with E-state index in [1.54, 1.807) is 42.5 Å². The van der Waals surface area contributed by atoms with Gasteiger partial charge < -0.3 is 15.4 Å². The van der Waals surface area contributed by atoms with Crippen LogP contribution in [0.3, 0.4) is 0 Å². The van der Waals surface area contributed by atoms with Crippen LogP contribution in [0.25, 0.3) is 0 Å². The SMILES string of the molecule is CCOc1ccccc1C(=O)Nc1ccc(NC(=O)c2ccccc2)c(C)c1. The van der Waals surface area contributed by atoms with Crippen molar-refractivity contribution in [2.24, 2.45) is 0 Å². The maximum Gasteiger partial charge on any atom is 0.259 e. The normalized spacial score (nSPS) is 10.2. The summed E-state index contributed by atoms with van der Waals surface area (Å²) in [4.78, 5) is 24.9. The molecule has 3 aromatic carbocycles. The van der Waals surface area contributed by atoms with Crippen LogP contribution in [0.15, 0.2) is 72.8 Å². The Hall–Kier alpha value is -3.60. The molecule has 0 aromatic heterocycles. The largest absolute Gasteiger partial charge is 0.493 e. The predicted molar refractivity (Wildman–Crippen MR) is 111 cm³/mol. The van der Waals surface area contributed by atoms with Gasteiger partial charge >= 0.3 is 0 Å². The third kappa shape index (κ3) is 4.57. The highest BCUT2D eigenvalue weighted by atomic mass is 16.5. The van der Waals surface area contributed by atoms with Gasteiger partial charge in [0.05, 0.1) is 12.2 Å². The minimum Gasteiger partial charge on any atom is -0.493 e. The van der Waals surface area contributed by atoms with Crippen molar-refractivity contribution in [1.82, 2.24) is 0 Å². The van der Waals surface area contributed by atoms with E-state index in [9.17, 15) is 9.59 Å². The molecule has 0 aliphatic heterocycles. The number of carbonyl (C=O) groups is 2. The van der Waals surface area contributed by atoms with E-state index in [0.717, 1.165) is 5.56 Å². The molecule has 5 nitrogen and oxygen atoms in total. The molecule has 3 rings (SSSR count). The van der Waals surface area contributed by atoms with E-state index in [0.29, 0.717) is 34.9 Å². The zero-order valence-corrected chi connectivity index (χ0v) is 15.9. The maximum absolute atomic E-state index is 12.6. The number of carbonyl (C=O) groups excluding carboxylic acids is 2. The van der Waals surface area contributed by atoms with Crippen molar-refractivity contribution < 1.29 is 14.3 Å². The second kappa shape index (κ2) is 8.86. The van der Waals surface area contributed by atoms with Gasteiger partial charge in [-0.25, -0.2) is 0 Å². The second-order valence-electron chi connectivity index (χ2n) is 6.23. The first-order valence-corrected chi connectivity index (χ1v) is 9.08. The minimum atomic E-state index is -0.246. The fraction of sp³-hybridized carbons (Fsp3) is 0.130. The Labute approximate surface area is 164 Å². The van der Waals surface area contributed by atoms with Gasteiger partial charge in [0.15, 0.2) is 0 Å². The van der Waals surface area contributed by atoms with E-state index in [4.69, 9.17) is 4.74 Å². The van der Waals surface area contributed by atoms with Gasteiger partial charge in [0, 0.05) is 16.9 Å². The lowest BCUT2D eigenvalue weighted by Crippen LogP contribution is -2.15. The van der Waals surface area contributed by atoms with Crippen molar-refractivity contribution in [3.63, 3.8) is 0 Å². The van der Waals surface area contributed by atoms with Gasteiger partial charge in [-0.1, -0.05) is 30.3 Å². The van der Waals surface area contributed by atoms with Crippen LogP contribution in [-0.2, 0) is 0 Å². The Balaban J connectivity index is 1.72. The number of hydrogen-bond donors (Lipinski definition) is 2. The molecule has 0 saturated carbocycles. The lowest BCUT2D eigenvalue weighted by atomic mass is 10.1. The monoisotopic (exact) mass is 374 g/mol. The molecule has 0 aliphatic rings. The average molecular weight is 374 g/mol. The molecule has 2 amide bonds. The number of rotatable bonds is 6. The van der Waals surface area contributed by atoms with Crippen molar-refractivity contribution >= 4 is 23.2 Å². The molecule has 0 unspecified atom stereocenters. The standard InChI is InChI=1S/C23H22N2O3/c1-3-28-21-12-8-7-11-19(21)23(27)24-18-13-14-20(16(2)15-18)25-22(26)17-9-5-4-6-10-17/h4-15H,3H2,1-2H3,(H,24,27)(H,25,26). The van der Waals surface area contributed by atoms with Crippen molar-refractivity contribution in [1.29, 1.82) is 0 Å². The predicted octanol–water partition coefficient (Wildman–Crippen LogP) is 4.90. The summed E-state index contributed by atoms with van der Waals surface area (Å²) in [5.41, 5.74) is 3.25. The van der Waals surface area contributed by atoms with E-state index in [-0.39, 0.29) is 11.8 Å². The van der Waals surface area contributed by atoms with Gasteiger partial charge in [-0.15, -0.1) is 0 Å². The Morgan fingerprint density at radius 2 is 1.57 bits per heavy atom. The Bertz CT molecular complexity index is 984. The van der Waals surface area contributed by atoms with Crippen LogP contribution in [-0.4, -0.2) is 18.4 Å². The van der Waals surface area contributed by atoms with E-state index >= 15 is 0 Å². The number of amides is 2. The lowest BCUT2D eigenvalue weighted by molar-refractivity contribution is 0.101. The molecular formula is C23H22N2O3. The molecule has 5 heteroatoms. The summed E-state index contributed by atoms with van der Waals surface area (Å²) in [6.07, 6.45) is 0. The highest BCUT2D eigenvalue weighted by Crippen LogP contribution is 2.23. The van der Waals surface area contributed by atoms with Gasteiger partial charge in [0.1, 0.15) is 5.75 Å². The van der Waals surface area contributed by atoms with Crippen LogP contribution in [0.4, 0.5) is 11.4 Å². The van der Waals surface area contributed by atoms with Crippen LogP contribution in [0.5, 0.6) is 5.75 Å². The average Bonchev–Trinajstić information content (AvgIpc) is 2.71. The molecule has 0 saturated heterocycles. The Kier molecular flexibility index (Phi) is 6.07. The molecule has 3 aromatic rings. The zero-order chi connectivity index (χ0) is 19.9. The zero-order valence-electron chi connectivity index (χ0n) is 15.9. The van der Waals surface area contributed by atoms with Crippen LogP contribution < -0.4 is 15.4 Å². The number of ether oxygens (including phenoxy) is 1. The third-order valence-electron chi connectivity index (χ3n) is 4.20. The van der Waals surface area contributed by atoms with Gasteiger partial charge in [0.2, 0.25) is 0 Å². The fourth-order valence-corrected chi connectivity index (χ4v) is 2.80. The first-order valence-electron chi connectivity index (χ1n) is 9.08. The van der Waals surface area contributed by atoms with Crippen LogP contribution in [0.2, 0.25) is 0 Å². The van der Waals surface area contributed by atoms with Crippen LogP contribution in [0, 0.1) is 6.92 Å². The number of nitrogens with one attached hydrogen (secondary N) is 2. The molecule has 0 spiro atoms. The van der Waals surface area contributed by atoms with Gasteiger partial charge in [-0.05, 0) is 61.9 Å². The highest BCUT2D eigenvalue weighted by Gasteiger charge is 2.13. The number of para-hydroxylation sites is 1. The van der Waals surface area contributed by atoms with E-state index in [1.165, 1.54) is 0 Å². The van der Waals surface area contributed by atoms with Crippen molar-refractivity contribution in [3.05, 3.63) is 89.5 Å². The van der Waals surface area contributed by atoms with Gasteiger partial charge in [0.25, 0.3) is 11.8 Å². The highest BCUT2D eigenvalue weighted by molar-refractivity contribution is 6.07. The summed E-state index contributed by atoms with van der Waals surface area (Å²) in [5, 5.41) is 5.77. The molecule has 0 atom stereocenters. The summed E-state index contributed by atoms with van der Waals surface area (Å²) in [5.74, 6) is 0.126. The summed E-state index contributed by atoms with van der Waals surface area (Å²) in [6.45, 7) is 4.24. The number of anilines is 2. The van der Waals surface area contributed by atoms with Crippen molar-refractivity contribution in [2.45, 2.75) is 13.8 Å². The quantitative estimate of drug-likeness (QED) is 0.645. The van der Waals surface area contributed by atoms with Gasteiger partial charge in [-0.2, -0.15) is 0 Å². The van der Waals surface area contributed by atoms with E-state index in [2.05, 4.69) is 10.6 Å². The third-order valence-corrected chi connectivity index (χ3v) is 4.20. The molecule has 0 radical (unpaired) electrons. The summed E-state index contributed by atoms with van der Waals surface area (Å²) in [7, 11) is 0. The molecule has 0 bridgehead atoms. The van der Waals surface area contributed by atoms with Crippen LogP contribution >= 0.6 is 0 Å². The van der Waals surface area contributed by atoms with Crippen LogP contribution in [0.1, 0.15) is 33.2 Å². The van der Waals surface area contributed by atoms with E-state index < -0.39 is 0 Å². The number of hydrogen-bond acceptors (Lipinski definition) is 3. The summed E-state index contributed by atoms with van der Waals surface area (Å²) < 4.78 is 5.52. The molecule has 0 heterocycles. The second-order valence-corrected chi connectivity index (χ2v) is 6.23. The Morgan fingerprint density at radius 1 is 0.857 bits per heavy atom. The van der Waals surface area contributed by atoms with Crippen molar-refractivity contribution in [3.8, 4) is 5.75 Å². The molecule has 142 valence electrons. The molecule has 0 fully saturated rings. The van der Waals surface area contributed by atoms with Crippen molar-refractivity contribution in [2.75, 3.05) is 17.2 Å². The first-order chi connectivity index (χ1) is 13.6. The lowest BCUT2D eigenvalue weighted by Gasteiger charge is -2.13. The molecular weight excluding hydrogens is 352 g/mol. The fourth-order valence-electron chi connectivity index (χ4n) is 2.80. The molecule has 28 heavy (non-hydrogen) atoms. The molecule has 0 aliphatic carbocycles. The Morgan fingerprint density at radius 3 is 2.29 bits per heavy atom. The topological polar surface area (TPSA) is 67.4 Å². The van der Waals surface area contributed by atoms with Gasteiger partial charge in [-0.3, -0.25) is 9.59 Å². The number of aryl methyl sites for hydroxylation is 1. The number of benzene rings is 3. The van der Waals surface area contributed by atoms with E-state index in [1.807, 2.05) is 44.2 Å². The summed E-state index contributed by atoms with van der Waals surface area (Å²) in [6, 6.07) is 21.5. The molecule has 2 N–H and O–H groups in total. The smallest absolute Gasteiger partial charge is 0.259 e. The minimum absolute atomic E-state index is 0.175. The maximum atomic E-state index is 12.6. The first kappa shape index (κ1) is 19.2.